The normalized spacial score (nSPS) is 11.2. The quantitative estimate of drug-likeness (QED) is 0.482. The number of amides is 1. The lowest BCUT2D eigenvalue weighted by Crippen LogP contribution is -2.16. The number of primary amides is 1. The van der Waals surface area contributed by atoms with Crippen LogP contribution in [0.25, 0.3) is 0 Å². The number of esters is 2. The maximum atomic E-state index is 11.8. The molecular weight excluding hydrogens is 497 g/mol. The molecule has 0 fully saturated rings. The van der Waals surface area contributed by atoms with E-state index in [1.165, 1.54) is 26.3 Å². The third kappa shape index (κ3) is 13.7. The van der Waals surface area contributed by atoms with Crippen LogP contribution in [0, 0.1) is 5.92 Å². The Labute approximate surface area is 213 Å². The number of nitrogens with zero attached hydrogens (tertiary/aromatic N) is 1. The van der Waals surface area contributed by atoms with Crippen LogP contribution in [0.3, 0.4) is 0 Å². The van der Waals surface area contributed by atoms with E-state index in [1.807, 2.05) is 13.8 Å². The van der Waals surface area contributed by atoms with Crippen LogP contribution in [0.2, 0.25) is 0 Å². The molecule has 1 amide bonds. The number of hydrogen-bond donors (Lipinski definition) is 2. The van der Waals surface area contributed by atoms with Crippen molar-refractivity contribution in [1.29, 1.82) is 0 Å². The van der Waals surface area contributed by atoms with Gasteiger partial charge in [-0.05, 0) is 43.5 Å². The fraction of sp³-hybridized carbons (Fsp3) is 0.440. The molecule has 12 heteroatoms. The average molecular weight is 531 g/mol. The highest BCUT2D eigenvalue weighted by atomic mass is 19.4. The van der Waals surface area contributed by atoms with Crippen LogP contribution in [-0.2, 0) is 20.5 Å². The fourth-order valence-electron chi connectivity index (χ4n) is 2.68. The molecule has 1 atom stereocenters. The number of aromatic nitrogens is 1. The molecule has 0 spiro atoms. The Hall–Kier alpha value is -3.83. The first-order valence-electron chi connectivity index (χ1n) is 11.2. The molecule has 0 aliphatic rings. The minimum atomic E-state index is -4.33. The Balaban J connectivity index is 0.000000536. The first-order valence-corrected chi connectivity index (χ1v) is 11.2. The number of halogens is 3. The number of methoxy groups -OCH3 is 1. The van der Waals surface area contributed by atoms with Crippen molar-refractivity contribution in [3.63, 3.8) is 0 Å². The molecule has 37 heavy (non-hydrogen) atoms. The zero-order chi connectivity index (χ0) is 28.8. The number of phenolic OH excluding ortho intramolecular Hbond substituents is 1. The summed E-state index contributed by atoms with van der Waals surface area (Å²) in [6.45, 7) is 9.20. The summed E-state index contributed by atoms with van der Waals surface area (Å²) in [7, 11) is 1.38. The number of carbonyl (C=O) groups is 3. The average Bonchev–Trinajstić information content (AvgIpc) is 2.78. The Morgan fingerprint density at radius 2 is 1.65 bits per heavy atom. The number of benzene rings is 1. The molecule has 2 rings (SSSR count). The lowest BCUT2D eigenvalue weighted by atomic mass is 10.1. The van der Waals surface area contributed by atoms with Crippen molar-refractivity contribution >= 4 is 17.8 Å². The third-order valence-electron chi connectivity index (χ3n) is 4.19. The molecule has 0 radical (unpaired) electrons. The molecule has 0 saturated heterocycles. The Morgan fingerprint density at radius 3 is 2.05 bits per heavy atom. The predicted molar refractivity (Wildman–Crippen MR) is 129 cm³/mol. The Kier molecular flexibility index (Phi) is 14.4. The van der Waals surface area contributed by atoms with Crippen LogP contribution in [0.5, 0.6) is 17.2 Å². The number of phenols is 1. The first kappa shape index (κ1) is 33.2. The summed E-state index contributed by atoms with van der Waals surface area (Å²) in [4.78, 5) is 36.3. The number of alkyl halides is 3. The molecule has 2 aromatic rings. The molecular formula is C25H33F3N2O7. The maximum absolute atomic E-state index is 11.8. The van der Waals surface area contributed by atoms with Gasteiger partial charge < -0.3 is 25.1 Å². The van der Waals surface area contributed by atoms with Crippen molar-refractivity contribution in [2.24, 2.45) is 11.7 Å². The molecule has 1 aromatic heterocycles. The summed E-state index contributed by atoms with van der Waals surface area (Å²) in [6.07, 6.45) is -1.49. The minimum Gasteiger partial charge on any atom is -0.508 e. The second-order valence-electron chi connectivity index (χ2n) is 7.98. The van der Waals surface area contributed by atoms with Crippen LogP contribution in [0.4, 0.5) is 13.2 Å². The van der Waals surface area contributed by atoms with Gasteiger partial charge in [-0.1, -0.05) is 20.8 Å². The molecule has 9 nitrogen and oxygen atoms in total. The molecule has 0 saturated carbocycles. The van der Waals surface area contributed by atoms with Crippen molar-refractivity contribution < 1.29 is 46.9 Å². The van der Waals surface area contributed by atoms with E-state index >= 15 is 0 Å². The molecule has 0 bridgehead atoms. The van der Waals surface area contributed by atoms with Gasteiger partial charge in [-0.3, -0.25) is 14.4 Å². The van der Waals surface area contributed by atoms with Gasteiger partial charge >= 0.3 is 18.1 Å². The molecule has 1 aromatic carbocycles. The second kappa shape index (κ2) is 16.0. The minimum absolute atomic E-state index is 0.0556. The highest BCUT2D eigenvalue weighted by Crippen LogP contribution is 2.30. The number of pyridine rings is 1. The summed E-state index contributed by atoms with van der Waals surface area (Å²) < 4.78 is 50.3. The molecule has 1 unspecified atom stereocenters. The summed E-state index contributed by atoms with van der Waals surface area (Å²) in [5.74, 6) is -0.867. The van der Waals surface area contributed by atoms with Gasteiger partial charge in [-0.25, -0.2) is 4.98 Å². The maximum Gasteiger partial charge on any atom is 0.416 e. The van der Waals surface area contributed by atoms with E-state index in [0.29, 0.717) is 12.3 Å². The number of ether oxygens (including phenoxy) is 3. The Morgan fingerprint density at radius 1 is 1.08 bits per heavy atom. The van der Waals surface area contributed by atoms with E-state index in [4.69, 9.17) is 25.1 Å². The van der Waals surface area contributed by atoms with E-state index in [1.54, 1.807) is 0 Å². The zero-order valence-electron chi connectivity index (χ0n) is 21.6. The van der Waals surface area contributed by atoms with Gasteiger partial charge in [0.1, 0.15) is 5.75 Å². The molecule has 0 aliphatic heterocycles. The van der Waals surface area contributed by atoms with Gasteiger partial charge in [0.2, 0.25) is 5.75 Å². The standard InChI is InChI=1S/C9H10N2O4.C9H18O2.C7H5F3O/c1-5(12)15-8-6(14-2)3-4-11-7(8)9(10)13;1-5-9(10)11-8(4)6-7(2)3;8-7(9,10)5-1-3-6(11)4-2-5/h3-4H,1-2H3,(H2,10,13);7-8H,5-6H2,1-4H3;1-4,11H. The van der Waals surface area contributed by atoms with Crippen molar-refractivity contribution in [2.75, 3.05) is 7.11 Å². The molecule has 1 heterocycles. The predicted octanol–water partition coefficient (Wildman–Crippen LogP) is 4.90. The Bertz CT molecular complexity index is 1010. The molecule has 3 N–H and O–H groups in total. The lowest BCUT2D eigenvalue weighted by molar-refractivity contribution is -0.148. The van der Waals surface area contributed by atoms with E-state index in [2.05, 4.69) is 18.8 Å². The van der Waals surface area contributed by atoms with Crippen molar-refractivity contribution in [1.82, 2.24) is 4.98 Å². The van der Waals surface area contributed by atoms with Gasteiger partial charge in [0, 0.05) is 25.6 Å². The van der Waals surface area contributed by atoms with E-state index in [-0.39, 0.29) is 35.0 Å². The van der Waals surface area contributed by atoms with Crippen LogP contribution in [-0.4, -0.2) is 41.2 Å². The van der Waals surface area contributed by atoms with Gasteiger partial charge in [-0.15, -0.1) is 0 Å². The van der Waals surface area contributed by atoms with E-state index < -0.39 is 23.6 Å². The summed E-state index contributed by atoms with van der Waals surface area (Å²) in [5.41, 5.74) is 4.18. The number of nitrogens with two attached hydrogens (primary N) is 1. The number of rotatable bonds is 7. The van der Waals surface area contributed by atoms with Crippen molar-refractivity contribution in [3.8, 4) is 17.2 Å². The lowest BCUT2D eigenvalue weighted by Gasteiger charge is -2.14. The summed E-state index contributed by atoms with van der Waals surface area (Å²) in [5, 5.41) is 8.66. The molecule has 0 aliphatic carbocycles. The van der Waals surface area contributed by atoms with E-state index in [9.17, 15) is 27.6 Å². The van der Waals surface area contributed by atoms with E-state index in [0.717, 1.165) is 30.7 Å². The first-order chi connectivity index (χ1) is 17.1. The third-order valence-corrected chi connectivity index (χ3v) is 4.19. The van der Waals surface area contributed by atoms with Crippen LogP contribution >= 0.6 is 0 Å². The van der Waals surface area contributed by atoms with Crippen LogP contribution < -0.4 is 15.2 Å². The fourth-order valence-corrected chi connectivity index (χ4v) is 2.68. The zero-order valence-corrected chi connectivity index (χ0v) is 21.6. The van der Waals surface area contributed by atoms with Crippen LogP contribution in [0.15, 0.2) is 36.5 Å². The molecule has 206 valence electrons. The summed E-state index contributed by atoms with van der Waals surface area (Å²) in [6, 6.07) is 5.13. The number of hydrogen-bond acceptors (Lipinski definition) is 8. The highest BCUT2D eigenvalue weighted by Gasteiger charge is 2.29. The van der Waals surface area contributed by atoms with Crippen molar-refractivity contribution in [2.45, 2.75) is 59.7 Å². The highest BCUT2D eigenvalue weighted by molar-refractivity contribution is 5.95. The topological polar surface area (TPSA) is 138 Å². The van der Waals surface area contributed by atoms with Gasteiger partial charge in [0.25, 0.3) is 5.91 Å². The van der Waals surface area contributed by atoms with Crippen LogP contribution in [0.1, 0.15) is 63.5 Å². The second-order valence-corrected chi connectivity index (χ2v) is 7.98. The number of carbonyl (C=O) groups excluding carboxylic acids is 3. The van der Waals surface area contributed by atoms with Gasteiger partial charge in [0.15, 0.2) is 11.4 Å². The smallest absolute Gasteiger partial charge is 0.416 e. The SMILES string of the molecule is CCC(=O)OC(C)CC(C)C.COc1ccnc(C(N)=O)c1OC(C)=O.Oc1ccc(C(F)(F)F)cc1. The largest absolute Gasteiger partial charge is 0.508 e. The monoisotopic (exact) mass is 530 g/mol. The van der Waals surface area contributed by atoms with Gasteiger partial charge in [-0.2, -0.15) is 13.2 Å². The summed E-state index contributed by atoms with van der Waals surface area (Å²) >= 11 is 0. The van der Waals surface area contributed by atoms with Gasteiger partial charge in [0.05, 0.1) is 18.8 Å². The number of aromatic hydroxyl groups is 1. The van der Waals surface area contributed by atoms with Crippen molar-refractivity contribution in [3.05, 3.63) is 47.8 Å².